The first-order chi connectivity index (χ1) is 6.66. The number of hydrogen-bond acceptors (Lipinski definition) is 3. The molecule has 1 N–H and O–H groups in total. The molecule has 72 valence electrons. The van der Waals surface area contributed by atoms with Crippen LogP contribution in [0.5, 0.6) is 5.75 Å². The first kappa shape index (κ1) is 8.62. The number of aromatic hydroxyl groups is 1. The van der Waals surface area contributed by atoms with E-state index in [0.717, 1.165) is 5.56 Å². The third-order valence-corrected chi connectivity index (χ3v) is 1.95. The van der Waals surface area contributed by atoms with Crippen LogP contribution in [0.3, 0.4) is 0 Å². The highest BCUT2D eigenvalue weighted by Gasteiger charge is 2.04. The summed E-state index contributed by atoms with van der Waals surface area (Å²) in [6.45, 7) is 0. The molecule has 0 unspecified atom stereocenters. The number of rotatable bonds is 1. The molecule has 0 amide bonds. The number of aromatic nitrogens is 1. The van der Waals surface area contributed by atoms with E-state index in [1.807, 2.05) is 0 Å². The van der Waals surface area contributed by atoms with E-state index in [1.165, 1.54) is 4.57 Å². The van der Waals surface area contributed by atoms with Gasteiger partial charge in [-0.25, -0.2) is 4.79 Å². The number of nitrogens with zero attached hydrogens (tertiary/aromatic N) is 1. The van der Waals surface area contributed by atoms with E-state index in [-0.39, 0.29) is 5.75 Å². The fourth-order valence-corrected chi connectivity index (χ4v) is 1.18. The molecule has 2 rings (SSSR count). The zero-order valence-electron chi connectivity index (χ0n) is 7.60. The molecule has 0 saturated heterocycles. The van der Waals surface area contributed by atoms with Gasteiger partial charge in [0.05, 0.1) is 6.20 Å². The van der Waals surface area contributed by atoms with Crippen molar-refractivity contribution in [2.75, 3.05) is 0 Å². The molecule has 0 bridgehead atoms. The van der Waals surface area contributed by atoms with Crippen LogP contribution in [0.15, 0.2) is 39.7 Å². The summed E-state index contributed by atoms with van der Waals surface area (Å²) >= 11 is 0. The fraction of sp³-hybridized carbons (Fsp3) is 0.100. The summed E-state index contributed by atoms with van der Waals surface area (Å²) in [5.74, 6) is 0.289. The quantitative estimate of drug-likeness (QED) is 0.740. The Hall–Kier alpha value is -1.97. The van der Waals surface area contributed by atoms with Gasteiger partial charge in [0, 0.05) is 12.6 Å². The largest absolute Gasteiger partial charge is 0.508 e. The van der Waals surface area contributed by atoms with Crippen molar-refractivity contribution in [1.29, 1.82) is 0 Å². The fourth-order valence-electron chi connectivity index (χ4n) is 1.18. The molecule has 0 fully saturated rings. The molecule has 4 nitrogen and oxygen atoms in total. The zero-order chi connectivity index (χ0) is 10.1. The maximum atomic E-state index is 11.0. The first-order valence-corrected chi connectivity index (χ1v) is 4.13. The molecule has 1 aromatic heterocycles. The molecule has 0 aliphatic carbocycles. The summed E-state index contributed by atoms with van der Waals surface area (Å²) in [6, 6.07) is 6.46. The van der Waals surface area contributed by atoms with Crippen LogP contribution in [0.25, 0.3) is 11.3 Å². The molecule has 2 aromatic rings. The van der Waals surface area contributed by atoms with Crippen molar-refractivity contribution in [2.45, 2.75) is 0 Å². The Labute approximate surface area is 80.0 Å². The van der Waals surface area contributed by atoms with Crippen molar-refractivity contribution < 1.29 is 9.52 Å². The topological polar surface area (TPSA) is 55.4 Å². The molecule has 14 heavy (non-hydrogen) atoms. The second kappa shape index (κ2) is 3.06. The Morgan fingerprint density at radius 1 is 1.29 bits per heavy atom. The van der Waals surface area contributed by atoms with Gasteiger partial charge in [0.25, 0.3) is 0 Å². The maximum absolute atomic E-state index is 11.0. The third kappa shape index (κ3) is 1.42. The van der Waals surface area contributed by atoms with Crippen LogP contribution in [0, 0.1) is 0 Å². The van der Waals surface area contributed by atoms with Gasteiger partial charge in [-0.05, 0) is 24.3 Å². The Balaban J connectivity index is 2.49. The molecule has 0 radical (unpaired) electrons. The van der Waals surface area contributed by atoms with E-state index >= 15 is 0 Å². The standard InChI is InChI=1S/C10H9NO3/c1-11-6-9(14-10(11)13)7-2-4-8(12)5-3-7/h2-6,12H,1H3. The van der Waals surface area contributed by atoms with Crippen LogP contribution in [0.4, 0.5) is 0 Å². The van der Waals surface area contributed by atoms with Gasteiger partial charge in [-0.3, -0.25) is 4.57 Å². The Kier molecular flexibility index (Phi) is 1.89. The smallest absolute Gasteiger partial charge is 0.419 e. The van der Waals surface area contributed by atoms with Crippen LogP contribution in [-0.4, -0.2) is 9.67 Å². The molecular weight excluding hydrogens is 182 g/mol. The number of phenolic OH excluding ortho intramolecular Hbond substituents is 1. The van der Waals surface area contributed by atoms with Crippen LogP contribution in [0.2, 0.25) is 0 Å². The van der Waals surface area contributed by atoms with Crippen molar-refractivity contribution in [2.24, 2.45) is 7.05 Å². The number of phenols is 1. The second-order valence-corrected chi connectivity index (χ2v) is 3.02. The molecule has 0 atom stereocenters. The van der Waals surface area contributed by atoms with Gasteiger partial charge >= 0.3 is 5.76 Å². The van der Waals surface area contributed by atoms with E-state index in [2.05, 4.69) is 0 Å². The van der Waals surface area contributed by atoms with Gasteiger partial charge in [-0.1, -0.05) is 0 Å². The van der Waals surface area contributed by atoms with Crippen LogP contribution in [-0.2, 0) is 7.05 Å². The summed E-state index contributed by atoms with van der Waals surface area (Å²) in [6.07, 6.45) is 1.61. The van der Waals surface area contributed by atoms with E-state index in [9.17, 15) is 4.79 Å². The van der Waals surface area contributed by atoms with E-state index < -0.39 is 5.76 Å². The molecule has 0 aliphatic heterocycles. The molecule has 0 saturated carbocycles. The van der Waals surface area contributed by atoms with Crippen LogP contribution in [0.1, 0.15) is 0 Å². The predicted octanol–water partition coefficient (Wildman–Crippen LogP) is 1.35. The lowest BCUT2D eigenvalue weighted by Gasteiger charge is -1.94. The van der Waals surface area contributed by atoms with Crippen molar-refractivity contribution in [3.63, 3.8) is 0 Å². The molecule has 0 aliphatic rings. The van der Waals surface area contributed by atoms with Crippen molar-refractivity contribution in [3.05, 3.63) is 41.0 Å². The number of aryl methyl sites for hydroxylation is 1. The molecule has 0 spiro atoms. The summed E-state index contributed by atoms with van der Waals surface area (Å²) in [5, 5.41) is 9.07. The number of oxazole rings is 1. The Bertz CT molecular complexity index is 493. The zero-order valence-corrected chi connectivity index (χ0v) is 7.60. The van der Waals surface area contributed by atoms with Gasteiger partial charge in [0.1, 0.15) is 5.75 Å². The summed E-state index contributed by atoms with van der Waals surface area (Å²) < 4.78 is 6.33. The molecule has 4 heteroatoms. The average molecular weight is 191 g/mol. The van der Waals surface area contributed by atoms with E-state index in [4.69, 9.17) is 9.52 Å². The highest BCUT2D eigenvalue weighted by Crippen LogP contribution is 2.20. The lowest BCUT2D eigenvalue weighted by Crippen LogP contribution is -2.06. The molecular formula is C10H9NO3. The minimum absolute atomic E-state index is 0.187. The maximum Gasteiger partial charge on any atom is 0.419 e. The summed E-state index contributed by atoms with van der Waals surface area (Å²) in [5.41, 5.74) is 0.764. The first-order valence-electron chi connectivity index (χ1n) is 4.13. The second-order valence-electron chi connectivity index (χ2n) is 3.02. The lowest BCUT2D eigenvalue weighted by molar-refractivity contribution is 0.475. The molecule has 1 heterocycles. The number of hydrogen-bond donors (Lipinski definition) is 1. The highest BCUT2D eigenvalue weighted by atomic mass is 16.4. The van der Waals surface area contributed by atoms with Crippen molar-refractivity contribution in [3.8, 4) is 17.1 Å². The van der Waals surface area contributed by atoms with Crippen LogP contribution >= 0.6 is 0 Å². The lowest BCUT2D eigenvalue weighted by atomic mass is 10.2. The highest BCUT2D eigenvalue weighted by molar-refractivity contribution is 5.57. The van der Waals surface area contributed by atoms with Gasteiger partial charge in [-0.2, -0.15) is 0 Å². The predicted molar refractivity (Wildman–Crippen MR) is 51.0 cm³/mol. The average Bonchev–Trinajstić information content (AvgIpc) is 2.48. The SMILES string of the molecule is Cn1cc(-c2ccc(O)cc2)oc1=O. The summed E-state index contributed by atoms with van der Waals surface area (Å²) in [7, 11) is 1.62. The Morgan fingerprint density at radius 2 is 1.93 bits per heavy atom. The minimum atomic E-state index is -0.395. The van der Waals surface area contributed by atoms with Gasteiger partial charge in [-0.15, -0.1) is 0 Å². The van der Waals surface area contributed by atoms with E-state index in [0.29, 0.717) is 5.76 Å². The van der Waals surface area contributed by atoms with Gasteiger partial charge in [0.2, 0.25) is 0 Å². The van der Waals surface area contributed by atoms with Crippen LogP contribution < -0.4 is 5.76 Å². The van der Waals surface area contributed by atoms with Gasteiger partial charge < -0.3 is 9.52 Å². The van der Waals surface area contributed by atoms with Crippen molar-refractivity contribution in [1.82, 2.24) is 4.57 Å². The number of benzene rings is 1. The summed E-state index contributed by atoms with van der Waals surface area (Å²) in [4.78, 5) is 11.0. The normalized spacial score (nSPS) is 10.4. The third-order valence-electron chi connectivity index (χ3n) is 1.95. The molecule has 1 aromatic carbocycles. The van der Waals surface area contributed by atoms with E-state index in [1.54, 1.807) is 37.5 Å². The van der Waals surface area contributed by atoms with Crippen molar-refractivity contribution >= 4 is 0 Å². The Morgan fingerprint density at radius 3 is 2.43 bits per heavy atom. The van der Waals surface area contributed by atoms with Gasteiger partial charge in [0.15, 0.2) is 5.76 Å². The monoisotopic (exact) mass is 191 g/mol. The minimum Gasteiger partial charge on any atom is -0.508 e.